The summed E-state index contributed by atoms with van der Waals surface area (Å²) < 4.78 is 14.3. The van der Waals surface area contributed by atoms with Gasteiger partial charge in [-0.1, -0.05) is 19.0 Å². The highest BCUT2D eigenvalue weighted by molar-refractivity contribution is 5.89. The molecule has 0 unspecified atom stereocenters. The van der Waals surface area contributed by atoms with Gasteiger partial charge in [0.2, 0.25) is 6.33 Å². The molecule has 0 saturated carbocycles. The number of rotatable bonds is 5. The van der Waals surface area contributed by atoms with Crippen LogP contribution in [0, 0.1) is 22.5 Å². The van der Waals surface area contributed by atoms with Gasteiger partial charge in [0.1, 0.15) is 5.69 Å². The first-order valence-corrected chi connectivity index (χ1v) is 5.27. The van der Waals surface area contributed by atoms with Gasteiger partial charge in [0.05, 0.1) is 18.9 Å². The van der Waals surface area contributed by atoms with Crippen molar-refractivity contribution in [2.45, 2.75) is 27.3 Å². The van der Waals surface area contributed by atoms with Crippen LogP contribution in [-0.2, 0) is 6.54 Å². The van der Waals surface area contributed by atoms with Crippen molar-refractivity contribution in [2.24, 2.45) is 10.6 Å². The quantitative estimate of drug-likeness (QED) is 0.378. The van der Waals surface area contributed by atoms with Gasteiger partial charge in [-0.25, -0.2) is 0 Å². The highest BCUT2D eigenvalue weighted by Crippen LogP contribution is 2.21. The number of aromatic nitrogens is 2. The lowest BCUT2D eigenvalue weighted by molar-refractivity contribution is -0.389. The third kappa shape index (κ3) is 2.63. The summed E-state index contributed by atoms with van der Waals surface area (Å²) in [5, 5.41) is 22.6. The Morgan fingerprint density at radius 3 is 2.72 bits per heavy atom. The van der Waals surface area contributed by atoms with Crippen molar-refractivity contribution >= 4 is 11.5 Å². The second-order valence-corrected chi connectivity index (χ2v) is 4.60. The van der Waals surface area contributed by atoms with Gasteiger partial charge in [0.15, 0.2) is 0 Å². The molecule has 0 aliphatic carbocycles. The molecule has 7 nitrogen and oxygen atoms in total. The highest BCUT2D eigenvalue weighted by atomic mass is 19.1. The van der Waals surface area contributed by atoms with Crippen molar-refractivity contribution < 1.29 is 14.5 Å². The van der Waals surface area contributed by atoms with Crippen LogP contribution in [0.1, 0.15) is 19.5 Å². The summed E-state index contributed by atoms with van der Waals surface area (Å²) in [4.78, 5) is 13.7. The molecule has 0 aromatic carbocycles. The summed E-state index contributed by atoms with van der Waals surface area (Å²) >= 11 is 0. The van der Waals surface area contributed by atoms with Crippen LogP contribution in [-0.4, -0.2) is 32.1 Å². The van der Waals surface area contributed by atoms with Gasteiger partial charge in [0.25, 0.3) is 0 Å². The number of oxime groups is 1. The highest BCUT2D eigenvalue weighted by Gasteiger charge is 2.28. The van der Waals surface area contributed by atoms with Gasteiger partial charge in [-0.05, 0) is 16.8 Å². The van der Waals surface area contributed by atoms with Crippen molar-refractivity contribution in [1.29, 1.82) is 0 Å². The first kappa shape index (κ1) is 14.1. The average molecular weight is 258 g/mol. The number of hydrogen-bond acceptors (Lipinski definition) is 5. The first-order chi connectivity index (χ1) is 8.33. The SMILES string of the molecule is Cc1c([N+](=O)[O-])ncn1C/C(=N\O)C(C)(C)CF. The molecule has 0 bridgehead atoms. The number of hydrogen-bond donors (Lipinski definition) is 1. The van der Waals surface area contributed by atoms with Crippen molar-refractivity contribution in [3.63, 3.8) is 0 Å². The molecule has 0 aliphatic rings. The molecular weight excluding hydrogens is 243 g/mol. The number of nitro groups is 1. The topological polar surface area (TPSA) is 93.5 Å². The minimum atomic E-state index is -0.930. The summed E-state index contributed by atoms with van der Waals surface area (Å²) in [6.45, 7) is 4.07. The molecular formula is C10H15FN4O3. The number of imidazole rings is 1. The fraction of sp³-hybridized carbons (Fsp3) is 0.600. The second kappa shape index (κ2) is 5.11. The van der Waals surface area contributed by atoms with Crippen LogP contribution < -0.4 is 0 Å². The molecule has 0 aliphatic heterocycles. The van der Waals surface area contributed by atoms with E-state index in [1.807, 2.05) is 0 Å². The molecule has 1 rings (SSSR count). The maximum absolute atomic E-state index is 12.8. The average Bonchev–Trinajstić information content (AvgIpc) is 2.67. The molecule has 0 spiro atoms. The largest absolute Gasteiger partial charge is 0.411 e. The number of nitrogens with zero attached hydrogens (tertiary/aromatic N) is 4. The van der Waals surface area contributed by atoms with E-state index >= 15 is 0 Å². The Kier molecular flexibility index (Phi) is 4.00. The molecule has 0 fully saturated rings. The smallest absolute Gasteiger partial charge is 0.384 e. The molecule has 1 N–H and O–H groups in total. The third-order valence-electron chi connectivity index (χ3n) is 2.80. The van der Waals surface area contributed by atoms with E-state index in [2.05, 4.69) is 10.1 Å². The zero-order chi connectivity index (χ0) is 13.9. The maximum Gasteiger partial charge on any atom is 0.384 e. The van der Waals surface area contributed by atoms with E-state index in [1.54, 1.807) is 13.8 Å². The minimum absolute atomic E-state index is 0.0556. The normalized spacial score (nSPS) is 12.8. The van der Waals surface area contributed by atoms with E-state index in [0.29, 0.717) is 5.69 Å². The van der Waals surface area contributed by atoms with Crippen LogP contribution in [0.25, 0.3) is 0 Å². The Bertz CT molecular complexity index is 481. The molecule has 18 heavy (non-hydrogen) atoms. The van der Waals surface area contributed by atoms with Gasteiger partial charge in [-0.2, -0.15) is 0 Å². The number of alkyl halides is 1. The molecule has 0 atom stereocenters. The van der Waals surface area contributed by atoms with E-state index in [-0.39, 0.29) is 18.1 Å². The van der Waals surface area contributed by atoms with Crippen molar-refractivity contribution in [1.82, 2.24) is 9.55 Å². The van der Waals surface area contributed by atoms with Crippen LogP contribution in [0.5, 0.6) is 0 Å². The summed E-state index contributed by atoms with van der Waals surface area (Å²) in [6, 6.07) is 0. The minimum Gasteiger partial charge on any atom is -0.411 e. The maximum atomic E-state index is 12.8. The van der Waals surface area contributed by atoms with Crippen molar-refractivity contribution in [2.75, 3.05) is 6.67 Å². The molecule has 1 aromatic heterocycles. The van der Waals surface area contributed by atoms with E-state index in [4.69, 9.17) is 5.21 Å². The van der Waals surface area contributed by atoms with Crippen LogP contribution in [0.2, 0.25) is 0 Å². The standard InChI is InChI=1S/C10H15FN4O3/c1-7-9(15(17)18)12-6-14(7)4-8(13-16)10(2,3)5-11/h6,16H,4-5H2,1-3H3/b13-8+. The zero-order valence-electron chi connectivity index (χ0n) is 10.4. The van der Waals surface area contributed by atoms with Gasteiger partial charge >= 0.3 is 5.82 Å². The zero-order valence-corrected chi connectivity index (χ0v) is 10.4. The third-order valence-corrected chi connectivity index (χ3v) is 2.80. The molecule has 100 valence electrons. The van der Waals surface area contributed by atoms with Crippen LogP contribution in [0.15, 0.2) is 11.5 Å². The Labute approximate surface area is 103 Å². The molecule has 0 amide bonds. The lowest BCUT2D eigenvalue weighted by Gasteiger charge is -2.21. The van der Waals surface area contributed by atoms with E-state index < -0.39 is 17.0 Å². The summed E-state index contributed by atoms with van der Waals surface area (Å²) in [6.07, 6.45) is 1.27. The Morgan fingerprint density at radius 2 is 2.33 bits per heavy atom. The second-order valence-electron chi connectivity index (χ2n) is 4.60. The van der Waals surface area contributed by atoms with Crippen molar-refractivity contribution in [3.8, 4) is 0 Å². The predicted molar refractivity (Wildman–Crippen MR) is 62.6 cm³/mol. The molecule has 0 radical (unpaired) electrons. The van der Waals surface area contributed by atoms with Crippen LogP contribution in [0.3, 0.4) is 0 Å². The fourth-order valence-electron chi connectivity index (χ4n) is 1.39. The molecule has 0 saturated heterocycles. The lowest BCUT2D eigenvalue weighted by atomic mass is 9.89. The first-order valence-electron chi connectivity index (χ1n) is 5.27. The Morgan fingerprint density at radius 1 is 1.72 bits per heavy atom. The summed E-state index contributed by atoms with van der Waals surface area (Å²) in [5.41, 5.74) is -0.406. The van der Waals surface area contributed by atoms with Gasteiger partial charge < -0.3 is 19.9 Å². The van der Waals surface area contributed by atoms with E-state index in [0.717, 1.165) is 0 Å². The van der Waals surface area contributed by atoms with E-state index in [1.165, 1.54) is 17.8 Å². The monoisotopic (exact) mass is 258 g/mol. The van der Waals surface area contributed by atoms with E-state index in [9.17, 15) is 14.5 Å². The Hall–Kier alpha value is -1.99. The van der Waals surface area contributed by atoms with Crippen LogP contribution in [0.4, 0.5) is 10.2 Å². The fourth-order valence-corrected chi connectivity index (χ4v) is 1.39. The van der Waals surface area contributed by atoms with Gasteiger partial charge in [-0.3, -0.25) is 4.39 Å². The van der Waals surface area contributed by atoms with Gasteiger partial charge in [-0.15, -0.1) is 0 Å². The number of halogens is 1. The molecule has 1 heterocycles. The lowest BCUT2D eigenvalue weighted by Crippen LogP contribution is -2.30. The molecule has 1 aromatic rings. The molecule has 8 heteroatoms. The van der Waals surface area contributed by atoms with Crippen LogP contribution >= 0.6 is 0 Å². The summed E-state index contributed by atoms with van der Waals surface area (Å²) in [5.74, 6) is -0.259. The van der Waals surface area contributed by atoms with Gasteiger partial charge in [0, 0.05) is 5.41 Å². The summed E-state index contributed by atoms with van der Waals surface area (Å²) in [7, 11) is 0. The Balaban J connectivity index is 3.01. The predicted octanol–water partition coefficient (Wildman–Crippen LogP) is 1.93. The van der Waals surface area contributed by atoms with Crippen molar-refractivity contribution in [3.05, 3.63) is 22.1 Å².